The van der Waals surface area contributed by atoms with Gasteiger partial charge in [0.2, 0.25) is 0 Å². The third-order valence-electron chi connectivity index (χ3n) is 9.75. The standard InChI is InChI=1S/C32H39F3N4/c33-32(34,35)29-10-12-30(13-11-29)39-21-25(22-39)20-37-17-14-28(15-18-37)31(27-8-4-5-9-27,23-38-19-16-36-24-38)26-6-2-1-3-7-26/h1-3,6-7,10-13,16,19,24-25,27-28H,4-5,8-9,14-15,17-18,20-23H2. The van der Waals surface area contributed by atoms with Gasteiger partial charge in [-0.2, -0.15) is 13.2 Å². The van der Waals surface area contributed by atoms with Gasteiger partial charge in [-0.25, -0.2) is 4.98 Å². The van der Waals surface area contributed by atoms with Gasteiger partial charge >= 0.3 is 6.18 Å². The monoisotopic (exact) mass is 536 g/mol. The van der Waals surface area contributed by atoms with E-state index < -0.39 is 11.7 Å². The van der Waals surface area contributed by atoms with Crippen LogP contribution in [0.4, 0.5) is 18.9 Å². The molecule has 39 heavy (non-hydrogen) atoms. The lowest BCUT2D eigenvalue weighted by Crippen LogP contribution is -2.54. The molecule has 1 saturated carbocycles. The number of piperidine rings is 1. The molecule has 2 aromatic carbocycles. The number of aromatic nitrogens is 2. The normalized spacial score (nSPS) is 21.7. The van der Waals surface area contributed by atoms with Crippen molar-refractivity contribution in [2.24, 2.45) is 17.8 Å². The fraction of sp³-hybridized carbons (Fsp3) is 0.531. The second-order valence-electron chi connectivity index (χ2n) is 12.0. The number of hydrogen-bond acceptors (Lipinski definition) is 3. The Balaban J connectivity index is 1.10. The van der Waals surface area contributed by atoms with Gasteiger partial charge in [-0.05, 0) is 80.4 Å². The number of rotatable bonds is 8. The first-order valence-electron chi connectivity index (χ1n) is 14.6. The van der Waals surface area contributed by atoms with E-state index >= 15 is 0 Å². The van der Waals surface area contributed by atoms with Crippen molar-refractivity contribution >= 4 is 5.69 Å². The summed E-state index contributed by atoms with van der Waals surface area (Å²) >= 11 is 0. The Morgan fingerprint density at radius 1 is 0.795 bits per heavy atom. The molecule has 3 aliphatic rings. The lowest BCUT2D eigenvalue weighted by Gasteiger charge is -2.50. The van der Waals surface area contributed by atoms with Gasteiger partial charge in [-0.1, -0.05) is 43.2 Å². The zero-order chi connectivity index (χ0) is 26.9. The molecule has 0 radical (unpaired) electrons. The molecule has 3 heterocycles. The van der Waals surface area contributed by atoms with Crippen LogP contribution in [0, 0.1) is 17.8 Å². The van der Waals surface area contributed by atoms with Gasteiger partial charge in [0.1, 0.15) is 0 Å². The van der Waals surface area contributed by atoms with E-state index in [0.29, 0.717) is 17.8 Å². The molecule has 4 nitrogen and oxygen atoms in total. The Morgan fingerprint density at radius 3 is 2.08 bits per heavy atom. The highest BCUT2D eigenvalue weighted by atomic mass is 19.4. The molecule has 0 amide bonds. The van der Waals surface area contributed by atoms with Gasteiger partial charge in [0.15, 0.2) is 0 Å². The minimum atomic E-state index is -4.28. The van der Waals surface area contributed by atoms with Gasteiger partial charge in [0.25, 0.3) is 0 Å². The fourth-order valence-corrected chi connectivity index (χ4v) is 7.78. The molecule has 1 aromatic heterocycles. The molecule has 1 aliphatic carbocycles. The maximum absolute atomic E-state index is 12.9. The lowest BCUT2D eigenvalue weighted by molar-refractivity contribution is -0.137. The van der Waals surface area contributed by atoms with Crippen molar-refractivity contribution in [3.63, 3.8) is 0 Å². The van der Waals surface area contributed by atoms with Crippen LogP contribution in [0.1, 0.15) is 49.7 Å². The average molecular weight is 537 g/mol. The second-order valence-corrected chi connectivity index (χ2v) is 12.0. The molecule has 7 heteroatoms. The Labute approximate surface area is 229 Å². The van der Waals surface area contributed by atoms with Gasteiger partial charge in [0.05, 0.1) is 11.9 Å². The molecule has 6 rings (SSSR count). The van der Waals surface area contributed by atoms with E-state index in [4.69, 9.17) is 0 Å². The molecular formula is C32H39F3N4. The Hall–Kier alpha value is -2.80. The number of benzene rings is 2. The molecule has 0 bridgehead atoms. The van der Waals surface area contributed by atoms with E-state index in [1.54, 1.807) is 12.1 Å². The van der Waals surface area contributed by atoms with Crippen LogP contribution in [-0.4, -0.2) is 47.2 Å². The predicted octanol–water partition coefficient (Wildman–Crippen LogP) is 6.88. The van der Waals surface area contributed by atoms with Gasteiger partial charge in [-0.3, -0.25) is 0 Å². The molecule has 3 fully saturated rings. The number of anilines is 1. The Morgan fingerprint density at radius 2 is 1.46 bits per heavy atom. The van der Waals surface area contributed by atoms with Crippen LogP contribution in [0.25, 0.3) is 0 Å². The molecule has 2 aliphatic heterocycles. The van der Waals surface area contributed by atoms with E-state index in [0.717, 1.165) is 45.0 Å². The zero-order valence-corrected chi connectivity index (χ0v) is 22.6. The third-order valence-corrected chi connectivity index (χ3v) is 9.75. The van der Waals surface area contributed by atoms with Crippen LogP contribution >= 0.6 is 0 Å². The number of likely N-dealkylation sites (tertiary alicyclic amines) is 1. The summed E-state index contributed by atoms with van der Waals surface area (Å²) in [4.78, 5) is 9.21. The van der Waals surface area contributed by atoms with Crippen LogP contribution in [0.2, 0.25) is 0 Å². The lowest BCUT2D eigenvalue weighted by atomic mass is 9.59. The number of imidazole rings is 1. The van der Waals surface area contributed by atoms with E-state index in [2.05, 4.69) is 55.9 Å². The highest BCUT2D eigenvalue weighted by molar-refractivity contribution is 5.50. The maximum Gasteiger partial charge on any atom is 0.416 e. The fourth-order valence-electron chi connectivity index (χ4n) is 7.78. The minimum Gasteiger partial charge on any atom is -0.371 e. The summed E-state index contributed by atoms with van der Waals surface area (Å²) in [6.07, 6.45) is 9.43. The minimum absolute atomic E-state index is 0.125. The average Bonchev–Trinajstić information content (AvgIpc) is 3.65. The molecule has 3 aromatic rings. The van der Waals surface area contributed by atoms with E-state index in [9.17, 15) is 13.2 Å². The first kappa shape index (κ1) is 26.4. The van der Waals surface area contributed by atoms with Gasteiger partial charge in [0, 0.05) is 55.6 Å². The maximum atomic E-state index is 12.9. The molecule has 0 spiro atoms. The largest absolute Gasteiger partial charge is 0.416 e. The Bertz CT molecular complexity index is 1170. The van der Waals surface area contributed by atoms with Crippen LogP contribution in [0.15, 0.2) is 73.3 Å². The topological polar surface area (TPSA) is 24.3 Å². The first-order chi connectivity index (χ1) is 18.9. The number of hydrogen-bond donors (Lipinski definition) is 0. The summed E-state index contributed by atoms with van der Waals surface area (Å²) in [5, 5.41) is 0. The predicted molar refractivity (Wildman–Crippen MR) is 149 cm³/mol. The van der Waals surface area contributed by atoms with Crippen LogP contribution in [-0.2, 0) is 18.1 Å². The highest BCUT2D eigenvalue weighted by Crippen LogP contribution is 2.51. The first-order valence-corrected chi connectivity index (χ1v) is 14.6. The molecular weight excluding hydrogens is 497 g/mol. The van der Waals surface area contributed by atoms with Gasteiger partial charge < -0.3 is 14.4 Å². The van der Waals surface area contributed by atoms with E-state index in [-0.39, 0.29) is 5.41 Å². The van der Waals surface area contributed by atoms with E-state index in [1.165, 1.54) is 56.2 Å². The summed E-state index contributed by atoms with van der Waals surface area (Å²) in [5.74, 6) is 1.90. The number of halogens is 3. The number of alkyl halides is 3. The number of nitrogens with zero attached hydrogens (tertiary/aromatic N) is 4. The van der Waals surface area contributed by atoms with Crippen LogP contribution < -0.4 is 4.90 Å². The quantitative estimate of drug-likeness (QED) is 0.314. The van der Waals surface area contributed by atoms with Crippen molar-refractivity contribution in [3.8, 4) is 0 Å². The summed E-state index contributed by atoms with van der Waals surface area (Å²) in [6.45, 7) is 6.15. The van der Waals surface area contributed by atoms with Crippen molar-refractivity contribution in [1.82, 2.24) is 14.5 Å². The smallest absolute Gasteiger partial charge is 0.371 e. The van der Waals surface area contributed by atoms with Crippen LogP contribution in [0.3, 0.4) is 0 Å². The Kier molecular flexibility index (Phi) is 7.45. The van der Waals surface area contributed by atoms with Crippen molar-refractivity contribution < 1.29 is 13.2 Å². The highest BCUT2D eigenvalue weighted by Gasteiger charge is 2.48. The molecule has 0 N–H and O–H groups in total. The molecule has 208 valence electrons. The van der Waals surface area contributed by atoms with Crippen molar-refractivity contribution in [2.75, 3.05) is 37.6 Å². The summed E-state index contributed by atoms with van der Waals surface area (Å²) in [6, 6.07) is 16.9. The van der Waals surface area contributed by atoms with Gasteiger partial charge in [-0.15, -0.1) is 0 Å². The van der Waals surface area contributed by atoms with Crippen LogP contribution in [0.5, 0.6) is 0 Å². The molecule has 1 unspecified atom stereocenters. The summed E-state index contributed by atoms with van der Waals surface area (Å²) in [5.41, 5.74) is 1.93. The van der Waals surface area contributed by atoms with Crippen molar-refractivity contribution in [1.29, 1.82) is 0 Å². The van der Waals surface area contributed by atoms with Crippen molar-refractivity contribution in [3.05, 3.63) is 84.4 Å². The third kappa shape index (κ3) is 5.47. The van der Waals surface area contributed by atoms with Crippen molar-refractivity contribution in [2.45, 2.75) is 56.7 Å². The summed E-state index contributed by atoms with van der Waals surface area (Å²) < 4.78 is 41.0. The second kappa shape index (κ2) is 11.0. The summed E-state index contributed by atoms with van der Waals surface area (Å²) in [7, 11) is 0. The zero-order valence-electron chi connectivity index (χ0n) is 22.6. The van der Waals surface area contributed by atoms with E-state index in [1.807, 2.05) is 12.5 Å². The molecule has 1 atom stereocenters. The SMILES string of the molecule is FC(F)(F)c1ccc(N2CC(CN3CCC(C(Cn4ccnc4)(c4ccccc4)C4CCCC4)CC3)C2)cc1. The molecule has 2 saturated heterocycles.